The van der Waals surface area contributed by atoms with Crippen molar-refractivity contribution >= 4 is 12.1 Å². The first-order chi connectivity index (χ1) is 6.65. The Morgan fingerprint density at radius 1 is 1.57 bits per heavy atom. The zero-order valence-corrected chi connectivity index (χ0v) is 8.19. The molecule has 1 heterocycles. The van der Waals surface area contributed by atoms with Gasteiger partial charge in [0.15, 0.2) is 0 Å². The third kappa shape index (κ3) is 2.61. The summed E-state index contributed by atoms with van der Waals surface area (Å²) in [5.74, 6) is -0.625. The third-order valence-electron chi connectivity index (χ3n) is 2.30. The van der Waals surface area contributed by atoms with Crippen molar-refractivity contribution in [3.05, 3.63) is 0 Å². The minimum atomic E-state index is -1.21. The number of carboxylic acid groups (broad SMARTS) is 1. The third-order valence-corrected chi connectivity index (χ3v) is 2.30. The lowest BCUT2D eigenvalue weighted by atomic mass is 9.99. The Bertz CT molecular complexity index is 229. The van der Waals surface area contributed by atoms with Gasteiger partial charge in [-0.3, -0.25) is 4.79 Å². The first-order valence-corrected chi connectivity index (χ1v) is 4.77. The number of ether oxygens (including phenoxy) is 1. The quantitative estimate of drug-likeness (QED) is 0.569. The molecule has 0 radical (unpaired) electrons. The van der Waals surface area contributed by atoms with Crippen LogP contribution in [-0.4, -0.2) is 36.7 Å². The summed E-state index contributed by atoms with van der Waals surface area (Å²) in [6.07, 6.45) is 0.180. The van der Waals surface area contributed by atoms with Crippen LogP contribution in [0.3, 0.4) is 0 Å². The van der Waals surface area contributed by atoms with E-state index in [2.05, 4.69) is 0 Å². The molecule has 1 fully saturated rings. The zero-order chi connectivity index (χ0) is 10.6. The number of nitrogens with zero attached hydrogens (tertiary/aromatic N) is 1. The molecule has 0 aromatic heterocycles. The van der Waals surface area contributed by atoms with Crippen LogP contribution in [0.25, 0.3) is 0 Å². The van der Waals surface area contributed by atoms with Gasteiger partial charge >= 0.3 is 5.97 Å². The Labute approximate surface area is 82.6 Å². The van der Waals surface area contributed by atoms with Crippen molar-refractivity contribution < 1.29 is 19.4 Å². The zero-order valence-electron chi connectivity index (χ0n) is 8.19. The second-order valence-corrected chi connectivity index (χ2v) is 3.30. The highest BCUT2D eigenvalue weighted by atomic mass is 16.5. The number of likely N-dealkylation sites (tertiary alicyclic amines) is 1. The topological polar surface area (TPSA) is 69.7 Å². The van der Waals surface area contributed by atoms with E-state index in [0.29, 0.717) is 26.0 Å². The van der Waals surface area contributed by atoms with Crippen LogP contribution in [0.2, 0.25) is 0 Å². The van der Waals surface area contributed by atoms with Crippen molar-refractivity contribution in [2.45, 2.75) is 19.8 Å². The normalized spacial score (nSPS) is 21.8. The van der Waals surface area contributed by atoms with Gasteiger partial charge in [-0.1, -0.05) is 0 Å². The SMILES string of the molecule is CCOC(=O)C1CCCN(C(=O)[O-])C1. The molecular formula is C9H14NO4-. The smallest absolute Gasteiger partial charge is 0.310 e. The lowest BCUT2D eigenvalue weighted by Crippen LogP contribution is -2.48. The summed E-state index contributed by atoms with van der Waals surface area (Å²) in [6, 6.07) is 0. The van der Waals surface area contributed by atoms with E-state index in [1.165, 1.54) is 0 Å². The lowest BCUT2D eigenvalue weighted by molar-refractivity contribution is -0.267. The minimum Gasteiger partial charge on any atom is -0.530 e. The largest absolute Gasteiger partial charge is 0.530 e. The molecule has 1 amide bonds. The summed E-state index contributed by atoms with van der Waals surface area (Å²) in [7, 11) is 0. The molecular weight excluding hydrogens is 186 g/mol. The summed E-state index contributed by atoms with van der Waals surface area (Å²) in [4.78, 5) is 23.0. The lowest BCUT2D eigenvalue weighted by Gasteiger charge is -2.33. The van der Waals surface area contributed by atoms with Gasteiger partial charge in [0.2, 0.25) is 0 Å². The maximum atomic E-state index is 11.3. The summed E-state index contributed by atoms with van der Waals surface area (Å²) in [6.45, 7) is 2.73. The Hall–Kier alpha value is -1.26. The van der Waals surface area contributed by atoms with Crippen molar-refractivity contribution in [3.8, 4) is 0 Å². The molecule has 1 rings (SSSR count). The van der Waals surface area contributed by atoms with Gasteiger partial charge in [0.05, 0.1) is 12.5 Å². The van der Waals surface area contributed by atoms with Gasteiger partial charge < -0.3 is 19.5 Å². The first-order valence-electron chi connectivity index (χ1n) is 4.77. The Morgan fingerprint density at radius 3 is 2.86 bits per heavy atom. The highest BCUT2D eigenvalue weighted by Gasteiger charge is 2.26. The molecule has 1 aliphatic rings. The van der Waals surface area contributed by atoms with E-state index in [-0.39, 0.29) is 18.4 Å². The number of carbonyl (C=O) groups excluding carboxylic acids is 2. The molecule has 0 N–H and O–H groups in total. The van der Waals surface area contributed by atoms with Gasteiger partial charge in [0.25, 0.3) is 0 Å². The predicted octanol–water partition coefficient (Wildman–Crippen LogP) is -0.395. The van der Waals surface area contributed by atoms with Gasteiger partial charge in [0.1, 0.15) is 6.09 Å². The fourth-order valence-electron chi connectivity index (χ4n) is 1.60. The molecule has 1 saturated heterocycles. The maximum absolute atomic E-state index is 11.3. The molecule has 80 valence electrons. The minimum absolute atomic E-state index is 0.209. The van der Waals surface area contributed by atoms with E-state index in [4.69, 9.17) is 4.74 Å². The van der Waals surface area contributed by atoms with Gasteiger partial charge in [-0.25, -0.2) is 0 Å². The van der Waals surface area contributed by atoms with E-state index in [9.17, 15) is 14.7 Å². The fourth-order valence-corrected chi connectivity index (χ4v) is 1.60. The number of rotatable bonds is 2. The van der Waals surface area contributed by atoms with Crippen molar-refractivity contribution in [2.24, 2.45) is 5.92 Å². The van der Waals surface area contributed by atoms with Gasteiger partial charge in [-0.2, -0.15) is 0 Å². The van der Waals surface area contributed by atoms with Crippen LogP contribution in [0.4, 0.5) is 4.79 Å². The van der Waals surface area contributed by atoms with Gasteiger partial charge in [-0.15, -0.1) is 0 Å². The summed E-state index contributed by atoms with van der Waals surface area (Å²) >= 11 is 0. The van der Waals surface area contributed by atoms with Crippen LogP contribution in [0.5, 0.6) is 0 Å². The second-order valence-electron chi connectivity index (χ2n) is 3.30. The molecule has 14 heavy (non-hydrogen) atoms. The number of hydrogen-bond acceptors (Lipinski definition) is 4. The standard InChI is InChI=1S/C9H15NO4/c1-2-14-8(11)7-4-3-5-10(6-7)9(12)13/h7H,2-6H2,1H3,(H,12,13)/p-1. The molecule has 0 saturated carbocycles. The maximum Gasteiger partial charge on any atom is 0.310 e. The van der Waals surface area contributed by atoms with Crippen LogP contribution >= 0.6 is 0 Å². The molecule has 1 aliphatic heterocycles. The highest BCUT2D eigenvalue weighted by molar-refractivity contribution is 5.74. The number of esters is 1. The monoisotopic (exact) mass is 200 g/mol. The average Bonchev–Trinajstić information content (AvgIpc) is 2.18. The van der Waals surface area contributed by atoms with E-state index in [1.807, 2.05) is 0 Å². The van der Waals surface area contributed by atoms with E-state index >= 15 is 0 Å². The molecule has 0 aromatic carbocycles. The molecule has 0 aliphatic carbocycles. The van der Waals surface area contributed by atoms with Crippen molar-refractivity contribution in [2.75, 3.05) is 19.7 Å². The number of hydrogen-bond donors (Lipinski definition) is 0. The van der Waals surface area contributed by atoms with Crippen LogP contribution in [0.15, 0.2) is 0 Å². The van der Waals surface area contributed by atoms with Crippen LogP contribution in [-0.2, 0) is 9.53 Å². The molecule has 1 unspecified atom stereocenters. The Morgan fingerprint density at radius 2 is 2.29 bits per heavy atom. The van der Waals surface area contributed by atoms with Crippen LogP contribution in [0.1, 0.15) is 19.8 Å². The van der Waals surface area contributed by atoms with Gasteiger partial charge in [-0.05, 0) is 19.8 Å². The molecule has 0 bridgehead atoms. The average molecular weight is 200 g/mol. The highest BCUT2D eigenvalue weighted by Crippen LogP contribution is 2.17. The molecule has 0 spiro atoms. The Kier molecular flexibility index (Phi) is 3.73. The molecule has 0 aromatic rings. The first kappa shape index (κ1) is 10.8. The van der Waals surface area contributed by atoms with E-state index in [0.717, 1.165) is 4.90 Å². The van der Waals surface area contributed by atoms with Crippen molar-refractivity contribution in [1.29, 1.82) is 0 Å². The Balaban J connectivity index is 2.47. The second kappa shape index (κ2) is 4.83. The van der Waals surface area contributed by atoms with E-state index < -0.39 is 6.09 Å². The van der Waals surface area contributed by atoms with Crippen LogP contribution < -0.4 is 5.11 Å². The number of amides is 1. The molecule has 5 nitrogen and oxygen atoms in total. The van der Waals surface area contributed by atoms with Gasteiger partial charge in [0, 0.05) is 13.1 Å². The summed E-state index contributed by atoms with van der Waals surface area (Å²) in [5, 5.41) is 10.5. The number of carbonyl (C=O) groups is 2. The summed E-state index contributed by atoms with van der Waals surface area (Å²) in [5.41, 5.74) is 0. The van der Waals surface area contributed by atoms with Crippen molar-refractivity contribution in [3.63, 3.8) is 0 Å². The molecule has 1 atom stereocenters. The predicted molar refractivity (Wildman–Crippen MR) is 46.3 cm³/mol. The van der Waals surface area contributed by atoms with E-state index in [1.54, 1.807) is 6.92 Å². The van der Waals surface area contributed by atoms with Crippen LogP contribution in [0, 0.1) is 5.92 Å². The fraction of sp³-hybridized carbons (Fsp3) is 0.778. The molecule has 5 heteroatoms. The number of piperidine rings is 1. The van der Waals surface area contributed by atoms with Crippen molar-refractivity contribution in [1.82, 2.24) is 4.90 Å². The summed E-state index contributed by atoms with van der Waals surface area (Å²) < 4.78 is 4.83.